The third kappa shape index (κ3) is 7.22. The van der Waals surface area contributed by atoms with Gasteiger partial charge in [0.15, 0.2) is 17.1 Å². The lowest BCUT2D eigenvalue weighted by molar-refractivity contribution is -0.127. The maximum absolute atomic E-state index is 12.4. The highest BCUT2D eigenvalue weighted by Crippen LogP contribution is 2.24. The molecule has 9 heteroatoms. The molecule has 1 aliphatic rings. The van der Waals surface area contributed by atoms with Crippen molar-refractivity contribution < 1.29 is 14.3 Å². The summed E-state index contributed by atoms with van der Waals surface area (Å²) in [7, 11) is 1.83. The van der Waals surface area contributed by atoms with Crippen LogP contribution in [-0.4, -0.2) is 44.5 Å². The number of rotatable bonds is 10. The molecule has 1 aromatic heterocycles. The number of ether oxygens (including phenoxy) is 1. The second-order valence-corrected chi connectivity index (χ2v) is 9.60. The maximum Gasteiger partial charge on any atom is 0.261 e. The van der Waals surface area contributed by atoms with Crippen LogP contribution >= 0.6 is 11.8 Å². The summed E-state index contributed by atoms with van der Waals surface area (Å²) < 4.78 is 7.53. The van der Waals surface area contributed by atoms with Crippen molar-refractivity contribution in [1.29, 1.82) is 0 Å². The molecule has 1 fully saturated rings. The van der Waals surface area contributed by atoms with Gasteiger partial charge in [-0.3, -0.25) is 9.59 Å². The molecule has 33 heavy (non-hydrogen) atoms. The summed E-state index contributed by atoms with van der Waals surface area (Å²) in [5.74, 6) is 1.89. The van der Waals surface area contributed by atoms with Crippen molar-refractivity contribution in [2.24, 2.45) is 13.0 Å². The molecule has 2 amide bonds. The monoisotopic (exact) mass is 473 g/mol. The molecule has 3 rings (SSSR count). The van der Waals surface area contributed by atoms with Gasteiger partial charge in [0, 0.05) is 13.1 Å². The molecule has 0 aliphatic heterocycles. The Balaban J connectivity index is 1.43. The minimum atomic E-state index is -0.634. The second-order valence-electron chi connectivity index (χ2n) is 8.66. The van der Waals surface area contributed by atoms with Gasteiger partial charge in [0.25, 0.3) is 5.91 Å². The number of hydrogen-bond donors (Lipinski definition) is 2. The first-order valence-electron chi connectivity index (χ1n) is 11.7. The number of aromatic nitrogens is 3. The third-order valence-corrected chi connectivity index (χ3v) is 7.17. The minimum Gasteiger partial charge on any atom is -0.481 e. The Morgan fingerprint density at radius 1 is 1.21 bits per heavy atom. The zero-order valence-electron chi connectivity index (χ0n) is 20.0. The van der Waals surface area contributed by atoms with Crippen LogP contribution in [0.4, 0.5) is 0 Å². The first-order chi connectivity index (χ1) is 15.9. The Labute approximate surface area is 200 Å². The van der Waals surface area contributed by atoms with E-state index in [-0.39, 0.29) is 24.4 Å². The lowest BCUT2D eigenvalue weighted by Crippen LogP contribution is -2.41. The molecule has 8 nitrogen and oxygen atoms in total. The number of amides is 2. The highest BCUT2D eigenvalue weighted by Gasteiger charge is 2.23. The van der Waals surface area contributed by atoms with E-state index in [1.165, 1.54) is 36.6 Å². The molecule has 1 aromatic carbocycles. The first kappa shape index (κ1) is 25.1. The molecule has 2 N–H and O–H groups in total. The molecule has 0 saturated heterocycles. The second kappa shape index (κ2) is 12.1. The van der Waals surface area contributed by atoms with Gasteiger partial charge in [-0.1, -0.05) is 50.6 Å². The number of thioether (sulfide) groups is 1. The van der Waals surface area contributed by atoms with E-state index in [1.807, 2.05) is 31.3 Å². The van der Waals surface area contributed by atoms with Crippen molar-refractivity contribution in [3.8, 4) is 5.75 Å². The van der Waals surface area contributed by atoms with Crippen molar-refractivity contribution in [1.82, 2.24) is 25.4 Å². The number of benzene rings is 1. The highest BCUT2D eigenvalue weighted by atomic mass is 32.2. The summed E-state index contributed by atoms with van der Waals surface area (Å²) in [5.41, 5.74) is 1.22. The van der Waals surface area contributed by atoms with Gasteiger partial charge < -0.3 is 19.9 Å². The van der Waals surface area contributed by atoms with Crippen LogP contribution in [0, 0.1) is 5.92 Å². The third-order valence-electron chi connectivity index (χ3n) is 6.15. The van der Waals surface area contributed by atoms with Crippen LogP contribution in [0.1, 0.15) is 57.8 Å². The van der Waals surface area contributed by atoms with Crippen LogP contribution in [0.2, 0.25) is 0 Å². The topological polar surface area (TPSA) is 98.1 Å². The van der Waals surface area contributed by atoms with Gasteiger partial charge >= 0.3 is 0 Å². The molecule has 0 unspecified atom stereocenters. The highest BCUT2D eigenvalue weighted by molar-refractivity contribution is 7.99. The van der Waals surface area contributed by atoms with Gasteiger partial charge in [0.05, 0.1) is 12.3 Å². The summed E-state index contributed by atoms with van der Waals surface area (Å²) >= 11 is 1.35. The summed E-state index contributed by atoms with van der Waals surface area (Å²) in [4.78, 5) is 24.8. The molecule has 1 heterocycles. The van der Waals surface area contributed by atoms with Gasteiger partial charge in [0.1, 0.15) is 5.75 Å². The smallest absolute Gasteiger partial charge is 0.261 e. The SMILES string of the molecule is CCc1ccc(O[C@H](C)C(=O)NCc2nnc(SCC(=O)N[C@H]3CCCC[C@@H]3C)n2C)cc1. The fourth-order valence-corrected chi connectivity index (χ4v) is 4.65. The van der Waals surface area contributed by atoms with Crippen LogP contribution in [0.15, 0.2) is 29.4 Å². The Hall–Kier alpha value is -2.55. The van der Waals surface area contributed by atoms with E-state index < -0.39 is 6.10 Å². The molecular formula is C24H35N5O3S. The number of carbonyl (C=O) groups excluding carboxylic acids is 2. The van der Waals surface area contributed by atoms with Crippen LogP contribution < -0.4 is 15.4 Å². The fourth-order valence-electron chi connectivity index (χ4n) is 3.91. The van der Waals surface area contributed by atoms with E-state index in [2.05, 4.69) is 34.7 Å². The lowest BCUT2D eigenvalue weighted by Gasteiger charge is -2.29. The molecule has 0 spiro atoms. The number of carbonyl (C=O) groups is 2. The van der Waals surface area contributed by atoms with Crippen LogP contribution in [0.25, 0.3) is 0 Å². The number of aryl methyl sites for hydroxylation is 1. The van der Waals surface area contributed by atoms with Gasteiger partial charge in [-0.15, -0.1) is 10.2 Å². The quantitative estimate of drug-likeness (QED) is 0.514. The summed E-state index contributed by atoms with van der Waals surface area (Å²) in [6.45, 7) is 6.24. The van der Waals surface area contributed by atoms with E-state index in [0.717, 1.165) is 12.8 Å². The fraction of sp³-hybridized carbons (Fsp3) is 0.583. The maximum atomic E-state index is 12.4. The first-order valence-corrected chi connectivity index (χ1v) is 12.7. The molecule has 3 atom stereocenters. The average molecular weight is 474 g/mol. The molecule has 180 valence electrons. The Bertz CT molecular complexity index is 931. The normalized spacial score (nSPS) is 19.0. The molecular weight excluding hydrogens is 438 g/mol. The van der Waals surface area contributed by atoms with Crippen molar-refractivity contribution >= 4 is 23.6 Å². The summed E-state index contributed by atoms with van der Waals surface area (Å²) in [5, 5.41) is 15.0. The Morgan fingerprint density at radius 2 is 1.94 bits per heavy atom. The zero-order valence-corrected chi connectivity index (χ0v) is 20.8. The summed E-state index contributed by atoms with van der Waals surface area (Å²) in [6.07, 6.45) is 4.97. The largest absolute Gasteiger partial charge is 0.481 e. The van der Waals surface area contributed by atoms with E-state index in [0.29, 0.717) is 28.4 Å². The Kier molecular flexibility index (Phi) is 9.17. The zero-order chi connectivity index (χ0) is 23.8. The van der Waals surface area contributed by atoms with Gasteiger partial charge in [0.2, 0.25) is 5.91 Å². The average Bonchev–Trinajstić information content (AvgIpc) is 3.17. The van der Waals surface area contributed by atoms with Gasteiger partial charge in [-0.25, -0.2) is 0 Å². The predicted molar refractivity (Wildman–Crippen MR) is 129 cm³/mol. The predicted octanol–water partition coefficient (Wildman–Crippen LogP) is 3.25. The van der Waals surface area contributed by atoms with Crippen molar-refractivity contribution in [2.45, 2.75) is 76.7 Å². The van der Waals surface area contributed by atoms with Crippen LogP contribution in [0.5, 0.6) is 5.75 Å². The number of nitrogens with zero attached hydrogens (tertiary/aromatic N) is 3. The van der Waals surface area contributed by atoms with Crippen molar-refractivity contribution in [2.75, 3.05) is 5.75 Å². The number of hydrogen-bond acceptors (Lipinski definition) is 6. The molecule has 0 radical (unpaired) electrons. The minimum absolute atomic E-state index is 0.0227. The summed E-state index contributed by atoms with van der Waals surface area (Å²) in [6, 6.07) is 8.01. The van der Waals surface area contributed by atoms with E-state index in [1.54, 1.807) is 11.5 Å². The van der Waals surface area contributed by atoms with Crippen LogP contribution in [-0.2, 0) is 29.6 Å². The molecule has 1 aliphatic carbocycles. The molecule has 0 bridgehead atoms. The lowest BCUT2D eigenvalue weighted by atomic mass is 9.86. The van der Waals surface area contributed by atoms with E-state index >= 15 is 0 Å². The molecule has 2 aromatic rings. The van der Waals surface area contributed by atoms with Gasteiger partial charge in [-0.05, 0) is 49.8 Å². The van der Waals surface area contributed by atoms with E-state index in [9.17, 15) is 9.59 Å². The van der Waals surface area contributed by atoms with Crippen LogP contribution in [0.3, 0.4) is 0 Å². The number of nitrogens with one attached hydrogen (secondary N) is 2. The van der Waals surface area contributed by atoms with Gasteiger partial charge in [-0.2, -0.15) is 0 Å². The Morgan fingerprint density at radius 3 is 2.64 bits per heavy atom. The van der Waals surface area contributed by atoms with Crippen molar-refractivity contribution in [3.05, 3.63) is 35.7 Å². The standard InChI is InChI=1S/C24H35N5O3S/c1-5-18-10-12-19(13-11-18)32-17(3)23(31)25-14-21-27-28-24(29(21)4)33-15-22(30)26-20-9-7-6-8-16(20)2/h10-13,16-17,20H,5-9,14-15H2,1-4H3,(H,25,31)(H,26,30)/t16-,17+,20-/m0/s1. The van der Waals surface area contributed by atoms with Crippen molar-refractivity contribution in [3.63, 3.8) is 0 Å². The van der Waals surface area contributed by atoms with E-state index in [4.69, 9.17) is 4.74 Å². The molecule has 1 saturated carbocycles.